The predicted octanol–water partition coefficient (Wildman–Crippen LogP) is 6.87. The maximum atomic E-state index is 13.8. The largest absolute Gasteiger partial charge is 0.507 e. The molecule has 1 unspecified atom stereocenters. The van der Waals surface area contributed by atoms with Crippen molar-refractivity contribution >= 4 is 10.9 Å². The van der Waals surface area contributed by atoms with Crippen LogP contribution < -0.4 is 0 Å². The highest BCUT2D eigenvalue weighted by Crippen LogP contribution is 2.56. The van der Waals surface area contributed by atoms with Gasteiger partial charge >= 0.3 is 0 Å². The van der Waals surface area contributed by atoms with E-state index >= 15 is 0 Å². The average Bonchev–Trinajstić information content (AvgIpc) is 3.19. The third kappa shape index (κ3) is 3.65. The Bertz CT molecular complexity index is 1110. The molecule has 1 N–H and O–H groups in total. The second-order valence-electron chi connectivity index (χ2n) is 10.9. The van der Waals surface area contributed by atoms with Crippen LogP contribution in [0.2, 0.25) is 0 Å². The maximum absolute atomic E-state index is 13.8. The number of ether oxygens (including phenoxy) is 1. The first kappa shape index (κ1) is 21.9. The van der Waals surface area contributed by atoms with Crippen LogP contribution in [0, 0.1) is 11.2 Å². The Kier molecular flexibility index (Phi) is 5.20. The van der Waals surface area contributed by atoms with Gasteiger partial charge in [0.25, 0.3) is 0 Å². The molecule has 4 heteroatoms. The highest BCUT2D eigenvalue weighted by molar-refractivity contribution is 5.94. The molecule has 1 aliphatic carbocycles. The van der Waals surface area contributed by atoms with Gasteiger partial charge in [-0.1, -0.05) is 40.7 Å². The van der Waals surface area contributed by atoms with E-state index in [4.69, 9.17) is 4.74 Å². The SMILES string of the molecule is COCC(C)(C)c1c(C2(C)CCC(C)(C)C2)c2c(O)cccc2n1-c1ccc(F)cc1. The van der Waals surface area contributed by atoms with Crippen LogP contribution in [0.4, 0.5) is 4.39 Å². The number of methoxy groups -OCH3 is 1. The molecule has 0 radical (unpaired) electrons. The van der Waals surface area contributed by atoms with Gasteiger partial charge in [0.05, 0.1) is 12.1 Å². The lowest BCUT2D eigenvalue weighted by Gasteiger charge is -2.34. The standard InChI is InChI=1S/C27H34FNO2/c1-25(2)14-15-27(5,16-25)23-22-20(8-7-9-21(22)30)29(19-12-10-18(28)11-13-19)24(23)26(3,4)17-31-6/h7-13,30H,14-17H2,1-6H3. The van der Waals surface area contributed by atoms with Crippen molar-refractivity contribution in [1.82, 2.24) is 4.57 Å². The van der Waals surface area contributed by atoms with Crippen molar-refractivity contribution in [2.24, 2.45) is 5.41 Å². The highest BCUT2D eigenvalue weighted by atomic mass is 19.1. The zero-order valence-corrected chi connectivity index (χ0v) is 19.6. The van der Waals surface area contributed by atoms with E-state index in [2.05, 4.69) is 45.3 Å². The predicted molar refractivity (Wildman–Crippen MR) is 125 cm³/mol. The van der Waals surface area contributed by atoms with E-state index in [0.717, 1.165) is 41.5 Å². The van der Waals surface area contributed by atoms with E-state index in [1.54, 1.807) is 13.2 Å². The summed E-state index contributed by atoms with van der Waals surface area (Å²) in [5.41, 5.74) is 4.03. The summed E-state index contributed by atoms with van der Waals surface area (Å²) in [6.45, 7) is 11.9. The molecule has 1 atom stereocenters. The number of hydrogen-bond acceptors (Lipinski definition) is 2. The van der Waals surface area contributed by atoms with Crippen molar-refractivity contribution in [2.75, 3.05) is 13.7 Å². The Morgan fingerprint density at radius 3 is 2.32 bits per heavy atom. The van der Waals surface area contributed by atoms with Crippen LogP contribution in [0.15, 0.2) is 42.5 Å². The fraction of sp³-hybridized carbons (Fsp3) is 0.481. The molecule has 0 bridgehead atoms. The Balaban J connectivity index is 2.15. The van der Waals surface area contributed by atoms with Gasteiger partial charge in [0.15, 0.2) is 0 Å². The number of phenolic OH excluding ortho intramolecular Hbond substituents is 1. The summed E-state index contributed by atoms with van der Waals surface area (Å²) in [4.78, 5) is 0. The average molecular weight is 424 g/mol. The lowest BCUT2D eigenvalue weighted by Crippen LogP contribution is -2.32. The zero-order valence-electron chi connectivity index (χ0n) is 19.6. The van der Waals surface area contributed by atoms with Crippen LogP contribution in [0.1, 0.15) is 65.1 Å². The van der Waals surface area contributed by atoms with E-state index < -0.39 is 0 Å². The molecule has 3 aromatic rings. The molecule has 31 heavy (non-hydrogen) atoms. The van der Waals surface area contributed by atoms with Crippen LogP contribution in [-0.4, -0.2) is 23.4 Å². The minimum Gasteiger partial charge on any atom is -0.507 e. The highest BCUT2D eigenvalue weighted by Gasteiger charge is 2.46. The van der Waals surface area contributed by atoms with Crippen LogP contribution in [0.25, 0.3) is 16.6 Å². The Morgan fingerprint density at radius 1 is 1.06 bits per heavy atom. The third-order valence-electron chi connectivity index (χ3n) is 7.03. The number of fused-ring (bicyclic) bond motifs is 1. The Hall–Kier alpha value is -2.33. The minimum absolute atomic E-state index is 0.0772. The van der Waals surface area contributed by atoms with Gasteiger partial charge in [0.1, 0.15) is 11.6 Å². The van der Waals surface area contributed by atoms with Crippen molar-refractivity contribution in [3.63, 3.8) is 0 Å². The summed E-state index contributed by atoms with van der Waals surface area (Å²) in [5, 5.41) is 12.0. The third-order valence-corrected chi connectivity index (χ3v) is 7.03. The maximum Gasteiger partial charge on any atom is 0.125 e. The number of nitrogens with zero attached hydrogens (tertiary/aromatic N) is 1. The topological polar surface area (TPSA) is 34.4 Å². The van der Waals surface area contributed by atoms with Crippen LogP contribution >= 0.6 is 0 Å². The van der Waals surface area contributed by atoms with Gasteiger partial charge in [-0.2, -0.15) is 0 Å². The summed E-state index contributed by atoms with van der Waals surface area (Å²) < 4.78 is 21.6. The van der Waals surface area contributed by atoms with Crippen LogP contribution in [0.5, 0.6) is 5.75 Å². The fourth-order valence-electron chi connectivity index (χ4n) is 5.90. The molecule has 166 valence electrons. The van der Waals surface area contributed by atoms with E-state index in [-0.39, 0.29) is 22.1 Å². The van der Waals surface area contributed by atoms with Gasteiger partial charge in [-0.15, -0.1) is 0 Å². The number of rotatable bonds is 5. The number of aromatic hydroxyl groups is 1. The number of halogens is 1. The molecular weight excluding hydrogens is 389 g/mol. The molecule has 1 fully saturated rings. The van der Waals surface area contributed by atoms with E-state index in [0.29, 0.717) is 12.4 Å². The number of phenols is 1. The van der Waals surface area contributed by atoms with E-state index in [1.165, 1.54) is 17.7 Å². The molecule has 1 heterocycles. The number of benzene rings is 2. The molecule has 0 aliphatic heterocycles. The lowest BCUT2D eigenvalue weighted by atomic mass is 9.72. The first-order valence-corrected chi connectivity index (χ1v) is 11.1. The summed E-state index contributed by atoms with van der Waals surface area (Å²) in [7, 11) is 1.73. The van der Waals surface area contributed by atoms with Gasteiger partial charge in [-0.05, 0) is 72.1 Å². The second-order valence-corrected chi connectivity index (χ2v) is 10.9. The van der Waals surface area contributed by atoms with Gasteiger partial charge < -0.3 is 14.4 Å². The molecule has 0 spiro atoms. The normalized spacial score (nSPS) is 21.1. The first-order valence-electron chi connectivity index (χ1n) is 11.1. The monoisotopic (exact) mass is 423 g/mol. The summed E-state index contributed by atoms with van der Waals surface area (Å²) in [5.74, 6) is 0.0410. The van der Waals surface area contributed by atoms with Crippen molar-refractivity contribution in [3.8, 4) is 11.4 Å². The van der Waals surface area contributed by atoms with Gasteiger partial charge in [-0.25, -0.2) is 4.39 Å². The second kappa shape index (κ2) is 7.37. The zero-order chi connectivity index (χ0) is 22.6. The number of aromatic nitrogens is 1. The molecule has 1 aliphatic rings. The molecule has 2 aromatic carbocycles. The van der Waals surface area contributed by atoms with E-state index in [1.807, 2.05) is 18.2 Å². The Morgan fingerprint density at radius 2 is 1.74 bits per heavy atom. The molecule has 1 aromatic heterocycles. The molecule has 0 saturated heterocycles. The fourth-order valence-corrected chi connectivity index (χ4v) is 5.90. The molecule has 1 saturated carbocycles. The van der Waals surface area contributed by atoms with Gasteiger partial charge in [0, 0.05) is 29.3 Å². The first-order chi connectivity index (χ1) is 14.5. The molecule has 3 nitrogen and oxygen atoms in total. The summed E-state index contributed by atoms with van der Waals surface area (Å²) >= 11 is 0. The summed E-state index contributed by atoms with van der Waals surface area (Å²) in [6, 6.07) is 12.3. The minimum atomic E-state index is -0.320. The lowest BCUT2D eigenvalue weighted by molar-refractivity contribution is 0.142. The van der Waals surface area contributed by atoms with Crippen molar-refractivity contribution in [2.45, 2.75) is 64.7 Å². The van der Waals surface area contributed by atoms with Crippen molar-refractivity contribution in [3.05, 3.63) is 59.5 Å². The quantitative estimate of drug-likeness (QED) is 0.486. The van der Waals surface area contributed by atoms with Crippen molar-refractivity contribution < 1.29 is 14.2 Å². The number of hydrogen-bond donors (Lipinski definition) is 1. The van der Waals surface area contributed by atoms with E-state index in [9.17, 15) is 9.50 Å². The Labute approximate surface area is 184 Å². The van der Waals surface area contributed by atoms with Crippen molar-refractivity contribution in [1.29, 1.82) is 0 Å². The molecular formula is C27H34FNO2. The van der Waals surface area contributed by atoms with Gasteiger partial charge in [-0.3, -0.25) is 0 Å². The summed E-state index contributed by atoms with van der Waals surface area (Å²) in [6.07, 6.45) is 3.25. The smallest absolute Gasteiger partial charge is 0.125 e. The van der Waals surface area contributed by atoms with Crippen LogP contribution in [0.3, 0.4) is 0 Å². The molecule has 4 rings (SSSR count). The van der Waals surface area contributed by atoms with Crippen LogP contribution in [-0.2, 0) is 15.6 Å². The molecule has 0 amide bonds. The van der Waals surface area contributed by atoms with Gasteiger partial charge in [0.2, 0.25) is 0 Å².